The van der Waals surface area contributed by atoms with E-state index in [1.807, 2.05) is 48.6 Å². The Morgan fingerprint density at radius 1 is 0.824 bits per heavy atom. The van der Waals surface area contributed by atoms with E-state index in [0.29, 0.717) is 5.75 Å². The van der Waals surface area contributed by atoms with Crippen LogP contribution in [-0.2, 0) is 0 Å². The lowest BCUT2D eigenvalue weighted by atomic mass is 10.0. The highest BCUT2D eigenvalue weighted by Gasteiger charge is 2.25. The number of fused-ring (bicyclic) bond motifs is 6. The first-order valence-electron chi connectivity index (χ1n) is 11.2. The quantitative estimate of drug-likeness (QED) is 0.205. The van der Waals surface area contributed by atoms with Gasteiger partial charge in [0.15, 0.2) is 23.0 Å². The van der Waals surface area contributed by atoms with E-state index in [0.717, 1.165) is 55.9 Å². The lowest BCUT2D eigenvalue weighted by molar-refractivity contribution is 0.363. The van der Waals surface area contributed by atoms with Gasteiger partial charge in [0, 0.05) is 11.1 Å². The van der Waals surface area contributed by atoms with Crippen molar-refractivity contribution in [1.29, 1.82) is 0 Å². The number of hydrogen-bond acceptors (Lipinski definition) is 2. The van der Waals surface area contributed by atoms with Gasteiger partial charge in [-0.3, -0.25) is 0 Å². The largest absolute Gasteiger partial charge is 0.449 e. The highest BCUT2D eigenvalue weighted by molar-refractivity contribution is 6.14. The molecule has 0 bridgehead atoms. The van der Waals surface area contributed by atoms with Crippen molar-refractivity contribution < 1.29 is 9.47 Å². The predicted molar refractivity (Wildman–Crippen MR) is 139 cm³/mol. The summed E-state index contributed by atoms with van der Waals surface area (Å²) in [5.41, 5.74) is 5.51. The van der Waals surface area contributed by atoms with Crippen LogP contribution < -0.4 is 9.47 Å². The molecule has 4 aromatic carbocycles. The molecule has 5 aromatic rings. The number of rotatable bonds is 3. The van der Waals surface area contributed by atoms with Crippen molar-refractivity contribution in [3.8, 4) is 41.0 Å². The van der Waals surface area contributed by atoms with Crippen molar-refractivity contribution in [3.05, 3.63) is 109 Å². The van der Waals surface area contributed by atoms with E-state index >= 15 is 0 Å². The molecule has 0 fully saturated rings. The molecule has 162 valence electrons. The second kappa shape index (κ2) is 8.03. The molecule has 0 atom stereocenters. The summed E-state index contributed by atoms with van der Waals surface area (Å²) >= 11 is 0. The number of hydrogen-bond donors (Lipinski definition) is 0. The number of allylic oxidation sites excluding steroid dienone is 4. The van der Waals surface area contributed by atoms with Crippen molar-refractivity contribution in [2.45, 2.75) is 6.92 Å². The summed E-state index contributed by atoms with van der Waals surface area (Å²) in [6, 6.07) is 28.8. The Kier molecular flexibility index (Phi) is 4.71. The lowest BCUT2D eigenvalue weighted by Crippen LogP contribution is -1.99. The summed E-state index contributed by atoms with van der Waals surface area (Å²) in [5, 5.41) is 2.13. The zero-order chi connectivity index (χ0) is 23.1. The van der Waals surface area contributed by atoms with Gasteiger partial charge in [-0.05, 0) is 72.7 Å². The van der Waals surface area contributed by atoms with Gasteiger partial charge in [0.1, 0.15) is 0 Å². The summed E-state index contributed by atoms with van der Waals surface area (Å²) in [6.45, 7) is 2.09. The monoisotopic (exact) mass is 439 g/mol. The van der Waals surface area contributed by atoms with Gasteiger partial charge in [0.05, 0.1) is 16.4 Å². The van der Waals surface area contributed by atoms with Gasteiger partial charge in [-0.1, -0.05) is 54.5 Å². The highest BCUT2D eigenvalue weighted by atomic mass is 16.6. The summed E-state index contributed by atoms with van der Waals surface area (Å²) < 4.78 is 14.9. The van der Waals surface area contributed by atoms with E-state index in [1.165, 1.54) is 0 Å². The van der Waals surface area contributed by atoms with Crippen LogP contribution in [0, 0.1) is 12.3 Å². The molecule has 3 nitrogen and oxygen atoms in total. The number of terminal acetylenes is 1. The fraction of sp³-hybridized carbons (Fsp3) is 0.0323. The van der Waals surface area contributed by atoms with Crippen LogP contribution in [0.1, 0.15) is 12.5 Å². The van der Waals surface area contributed by atoms with Crippen LogP contribution in [0.4, 0.5) is 0 Å². The maximum absolute atomic E-state index is 6.44. The molecule has 0 unspecified atom stereocenters. The Labute approximate surface area is 198 Å². The standard InChI is InChI=1S/C31H21NO2/c1-3-4-6-11-21(2)22-16-17-25-24(20-22)30-26(32(25)23-12-7-5-8-13-23)18-19-29-31(30)34-28-15-10-9-14-27(28)33-29/h1,4-20H,2H3/b6-4-,21-11+. The third-order valence-corrected chi connectivity index (χ3v) is 6.14. The van der Waals surface area contributed by atoms with Crippen molar-refractivity contribution in [2.24, 2.45) is 0 Å². The molecule has 0 N–H and O–H groups in total. The molecule has 3 heteroatoms. The van der Waals surface area contributed by atoms with Crippen LogP contribution in [0.2, 0.25) is 0 Å². The van der Waals surface area contributed by atoms with Gasteiger partial charge in [-0.25, -0.2) is 0 Å². The fourth-order valence-electron chi connectivity index (χ4n) is 4.53. The van der Waals surface area contributed by atoms with E-state index in [2.05, 4.69) is 65.9 Å². The number of nitrogens with zero attached hydrogens (tertiary/aromatic N) is 1. The summed E-state index contributed by atoms with van der Waals surface area (Å²) in [6.07, 6.45) is 11.0. The number of aromatic nitrogens is 1. The molecule has 1 aliphatic rings. The minimum atomic E-state index is 0.716. The molecule has 2 heterocycles. The molecule has 0 saturated carbocycles. The maximum Gasteiger partial charge on any atom is 0.180 e. The third-order valence-electron chi connectivity index (χ3n) is 6.14. The van der Waals surface area contributed by atoms with Crippen LogP contribution in [0.5, 0.6) is 23.0 Å². The third kappa shape index (κ3) is 3.17. The lowest BCUT2D eigenvalue weighted by Gasteiger charge is -2.21. The van der Waals surface area contributed by atoms with E-state index in [-0.39, 0.29) is 0 Å². The smallest absolute Gasteiger partial charge is 0.180 e. The predicted octanol–water partition coefficient (Wildman–Crippen LogP) is 8.27. The molecule has 1 aliphatic heterocycles. The SMILES string of the molecule is C#C/C=C\C=C(/C)c1ccc2c(c1)c1c3c(ccc1n2-c1ccccc1)Oc1ccccc1O3. The average Bonchev–Trinajstić information content (AvgIpc) is 3.22. The van der Waals surface area contributed by atoms with Gasteiger partial charge < -0.3 is 14.0 Å². The van der Waals surface area contributed by atoms with E-state index in [4.69, 9.17) is 15.9 Å². The second-order valence-electron chi connectivity index (χ2n) is 8.22. The first-order valence-corrected chi connectivity index (χ1v) is 11.2. The van der Waals surface area contributed by atoms with Crippen LogP contribution in [0.15, 0.2) is 103 Å². The molecule has 1 aromatic heterocycles. The van der Waals surface area contributed by atoms with Crippen LogP contribution in [-0.4, -0.2) is 4.57 Å². The van der Waals surface area contributed by atoms with Gasteiger partial charge in [-0.15, -0.1) is 6.42 Å². The van der Waals surface area contributed by atoms with Gasteiger partial charge >= 0.3 is 0 Å². The Balaban J connectivity index is 1.66. The fourth-order valence-corrected chi connectivity index (χ4v) is 4.53. The number of ether oxygens (including phenoxy) is 2. The molecule has 0 saturated heterocycles. The van der Waals surface area contributed by atoms with Crippen molar-refractivity contribution in [2.75, 3.05) is 0 Å². The molecule has 0 aliphatic carbocycles. The van der Waals surface area contributed by atoms with Gasteiger partial charge in [0.2, 0.25) is 0 Å². The molecule has 0 amide bonds. The molecular weight excluding hydrogens is 418 g/mol. The summed E-state index contributed by atoms with van der Waals surface area (Å²) in [4.78, 5) is 0. The first kappa shape index (κ1) is 20.0. The van der Waals surface area contributed by atoms with Crippen LogP contribution >= 0.6 is 0 Å². The van der Waals surface area contributed by atoms with Crippen molar-refractivity contribution in [3.63, 3.8) is 0 Å². The maximum atomic E-state index is 6.44. The summed E-state index contributed by atoms with van der Waals surface area (Å²) in [7, 11) is 0. The topological polar surface area (TPSA) is 23.4 Å². The van der Waals surface area contributed by atoms with Crippen LogP contribution in [0.3, 0.4) is 0 Å². The second-order valence-corrected chi connectivity index (χ2v) is 8.22. The normalized spacial score (nSPS) is 12.8. The van der Waals surface area contributed by atoms with Crippen LogP contribution in [0.25, 0.3) is 33.1 Å². The van der Waals surface area contributed by atoms with Gasteiger partial charge in [-0.2, -0.15) is 0 Å². The van der Waals surface area contributed by atoms with E-state index < -0.39 is 0 Å². The van der Waals surface area contributed by atoms with Crippen molar-refractivity contribution >= 4 is 27.4 Å². The molecule has 6 rings (SSSR count). The Hall–Kier alpha value is -4.68. The van der Waals surface area contributed by atoms with Crippen molar-refractivity contribution in [1.82, 2.24) is 4.57 Å². The Morgan fingerprint density at radius 3 is 2.35 bits per heavy atom. The summed E-state index contributed by atoms with van der Waals surface area (Å²) in [5.74, 6) is 5.43. The van der Waals surface area contributed by atoms with E-state index in [9.17, 15) is 0 Å². The molecule has 0 radical (unpaired) electrons. The molecule has 0 spiro atoms. The highest BCUT2D eigenvalue weighted by Crippen LogP contribution is 2.51. The van der Waals surface area contributed by atoms with E-state index in [1.54, 1.807) is 6.08 Å². The Bertz CT molecular complexity index is 1660. The zero-order valence-corrected chi connectivity index (χ0v) is 18.7. The minimum Gasteiger partial charge on any atom is -0.449 e. The molecular formula is C31H21NO2. The first-order chi connectivity index (χ1) is 16.7. The zero-order valence-electron chi connectivity index (χ0n) is 18.7. The number of para-hydroxylation sites is 3. The minimum absolute atomic E-state index is 0.716. The molecule has 34 heavy (non-hydrogen) atoms. The average molecular weight is 440 g/mol. The Morgan fingerprint density at radius 2 is 1.56 bits per heavy atom. The number of benzene rings is 4. The van der Waals surface area contributed by atoms with Gasteiger partial charge in [0.25, 0.3) is 0 Å².